The second-order valence-electron chi connectivity index (χ2n) is 8.05. The Hall–Kier alpha value is -3.96. The van der Waals surface area contributed by atoms with Crippen LogP contribution in [0.2, 0.25) is 0 Å². The molecule has 9 nitrogen and oxygen atoms in total. The van der Waals surface area contributed by atoms with E-state index in [2.05, 4.69) is 15.6 Å². The van der Waals surface area contributed by atoms with Crippen LogP contribution in [-0.2, 0) is 27.1 Å². The minimum Gasteiger partial charge on any atom is -0.497 e. The lowest BCUT2D eigenvalue weighted by Gasteiger charge is -2.17. The monoisotopic (exact) mass is 492 g/mol. The highest BCUT2D eigenvalue weighted by Gasteiger charge is 2.51. The molecule has 1 aliphatic rings. The molecule has 0 aliphatic heterocycles. The molecule has 1 heterocycles. The number of aromatic nitrogens is 1. The van der Waals surface area contributed by atoms with Gasteiger partial charge >= 0.3 is 6.18 Å². The topological polar surface area (TPSA) is 130 Å². The summed E-state index contributed by atoms with van der Waals surface area (Å²) in [4.78, 5) is 40.3. The van der Waals surface area contributed by atoms with Crippen molar-refractivity contribution in [2.75, 3.05) is 7.11 Å². The maximum absolute atomic E-state index is 13.3. The van der Waals surface area contributed by atoms with Crippen LogP contribution in [0, 0.1) is 5.41 Å². The number of carbonyl (C=O) groups is 3. The Morgan fingerprint density at radius 1 is 1.14 bits per heavy atom. The minimum absolute atomic E-state index is 0.0133. The van der Waals surface area contributed by atoms with Crippen LogP contribution in [0.3, 0.4) is 0 Å². The van der Waals surface area contributed by atoms with Crippen molar-refractivity contribution in [1.29, 1.82) is 5.41 Å². The quantitative estimate of drug-likeness (QED) is 0.345. The molecule has 1 saturated carbocycles. The largest absolute Gasteiger partial charge is 0.497 e. The summed E-state index contributed by atoms with van der Waals surface area (Å²) in [5.74, 6) is -2.52. The smallest absolute Gasteiger partial charge is 0.420 e. The summed E-state index contributed by atoms with van der Waals surface area (Å²) < 4.78 is 50.2. The first kappa shape index (κ1) is 25.7. The number of alkyl halides is 3. The molecule has 0 bridgehead atoms. The molecule has 3 rings (SSSR count). The van der Waals surface area contributed by atoms with Gasteiger partial charge in [-0.2, -0.15) is 13.2 Å². The number of rotatable bonds is 10. The van der Waals surface area contributed by atoms with Gasteiger partial charge in [0.25, 0.3) is 5.91 Å². The number of Topliss-reactive ketones (excluding diaryl/α,β-unsaturated/α-hetero) is 1. The van der Waals surface area contributed by atoms with Crippen molar-refractivity contribution >= 4 is 23.3 Å². The molecule has 1 aliphatic carbocycles. The van der Waals surface area contributed by atoms with E-state index in [1.54, 1.807) is 0 Å². The summed E-state index contributed by atoms with van der Waals surface area (Å²) in [5.41, 5.74) is -1.73. The van der Waals surface area contributed by atoms with Crippen LogP contribution in [0.25, 0.3) is 0 Å². The summed E-state index contributed by atoms with van der Waals surface area (Å²) in [5, 5.41) is 12.3. The summed E-state index contributed by atoms with van der Waals surface area (Å²) in [6, 6.07) is 6.20. The Morgan fingerprint density at radius 2 is 1.83 bits per heavy atom. The van der Waals surface area contributed by atoms with Gasteiger partial charge in [0, 0.05) is 5.71 Å². The third kappa shape index (κ3) is 6.55. The van der Waals surface area contributed by atoms with E-state index in [0.717, 1.165) is 12.1 Å². The first-order chi connectivity index (χ1) is 16.4. The van der Waals surface area contributed by atoms with E-state index < -0.39 is 40.6 Å². The molecule has 35 heavy (non-hydrogen) atoms. The van der Waals surface area contributed by atoms with Gasteiger partial charge in [0.05, 0.1) is 32.0 Å². The molecular formula is C23H23F3N4O5. The van der Waals surface area contributed by atoms with Crippen LogP contribution in [0.1, 0.15) is 37.4 Å². The van der Waals surface area contributed by atoms with Gasteiger partial charge in [-0.05, 0) is 50.1 Å². The number of ether oxygens (including phenoxy) is 2. The van der Waals surface area contributed by atoms with Crippen molar-refractivity contribution in [2.45, 2.75) is 44.4 Å². The first-order valence-electron chi connectivity index (χ1n) is 10.5. The second kappa shape index (κ2) is 10.1. The molecule has 1 fully saturated rings. The zero-order valence-electron chi connectivity index (χ0n) is 18.9. The fraction of sp³-hybridized carbons (Fsp3) is 0.348. The molecule has 0 radical (unpaired) electrons. The molecular weight excluding hydrogens is 469 g/mol. The highest BCUT2D eigenvalue weighted by atomic mass is 19.4. The van der Waals surface area contributed by atoms with Gasteiger partial charge in [-0.3, -0.25) is 19.4 Å². The molecule has 0 saturated heterocycles. The van der Waals surface area contributed by atoms with Crippen molar-refractivity contribution in [3.8, 4) is 17.2 Å². The molecule has 2 aromatic rings. The van der Waals surface area contributed by atoms with Crippen LogP contribution < -0.4 is 20.1 Å². The van der Waals surface area contributed by atoms with Crippen LogP contribution in [0.15, 0.2) is 36.5 Å². The summed E-state index contributed by atoms with van der Waals surface area (Å²) >= 11 is 0. The maximum Gasteiger partial charge on any atom is 0.420 e. The van der Waals surface area contributed by atoms with Gasteiger partial charge < -0.3 is 25.5 Å². The van der Waals surface area contributed by atoms with E-state index in [9.17, 15) is 27.6 Å². The van der Waals surface area contributed by atoms with Crippen molar-refractivity contribution in [3.05, 3.63) is 47.8 Å². The van der Waals surface area contributed by atoms with Crippen LogP contribution in [-0.4, -0.2) is 40.9 Å². The Morgan fingerprint density at radius 3 is 2.37 bits per heavy atom. The summed E-state index contributed by atoms with van der Waals surface area (Å²) in [7, 11) is 1.26. The van der Waals surface area contributed by atoms with Gasteiger partial charge in [-0.15, -0.1) is 0 Å². The lowest BCUT2D eigenvalue weighted by Crippen LogP contribution is -2.50. The second-order valence-corrected chi connectivity index (χ2v) is 8.05. The van der Waals surface area contributed by atoms with Crippen molar-refractivity contribution in [1.82, 2.24) is 15.6 Å². The third-order valence-corrected chi connectivity index (χ3v) is 5.16. The van der Waals surface area contributed by atoms with E-state index in [1.807, 2.05) is 0 Å². The average molecular weight is 492 g/mol. The van der Waals surface area contributed by atoms with Gasteiger partial charge in [0.1, 0.15) is 28.4 Å². The SMILES string of the molecule is COc1ccc(Oc2ccc(CNC(=O)C3(NC(=O)C(=O)CC(C)=N)CC3)nc2)c(C(F)(F)F)c1. The van der Waals surface area contributed by atoms with E-state index in [0.29, 0.717) is 18.5 Å². The first-order valence-corrected chi connectivity index (χ1v) is 10.5. The lowest BCUT2D eigenvalue weighted by atomic mass is 10.1. The fourth-order valence-corrected chi connectivity index (χ4v) is 3.13. The lowest BCUT2D eigenvalue weighted by molar-refractivity contribution is -0.139. The summed E-state index contributed by atoms with van der Waals surface area (Å²) in [6.07, 6.45) is -3.02. The van der Waals surface area contributed by atoms with Gasteiger partial charge in [0.2, 0.25) is 11.7 Å². The maximum atomic E-state index is 13.3. The minimum atomic E-state index is -4.65. The number of nitrogens with one attached hydrogen (secondary N) is 3. The summed E-state index contributed by atoms with van der Waals surface area (Å²) in [6.45, 7) is 1.39. The number of hydrogen-bond acceptors (Lipinski definition) is 7. The number of benzene rings is 1. The molecule has 0 atom stereocenters. The van der Waals surface area contributed by atoms with Crippen molar-refractivity contribution < 1.29 is 37.0 Å². The molecule has 0 unspecified atom stereocenters. The van der Waals surface area contributed by atoms with Gasteiger partial charge in [0.15, 0.2) is 0 Å². The number of halogens is 3. The number of pyridine rings is 1. The van der Waals surface area contributed by atoms with Crippen LogP contribution >= 0.6 is 0 Å². The van der Waals surface area contributed by atoms with E-state index in [1.165, 1.54) is 38.4 Å². The van der Waals surface area contributed by atoms with Crippen LogP contribution in [0.4, 0.5) is 13.2 Å². The zero-order valence-corrected chi connectivity index (χ0v) is 18.9. The molecule has 0 spiro atoms. The van der Waals surface area contributed by atoms with E-state index in [4.69, 9.17) is 14.9 Å². The molecule has 12 heteroatoms. The standard InChI is InChI=1S/C23H23F3N4O5/c1-13(27)9-18(31)20(32)30-22(7-8-22)21(33)29-11-14-3-4-16(12-28-14)35-19-6-5-15(34-2)10-17(19)23(24,25)26/h3-6,10,12,27H,7-9,11H2,1-2H3,(H,29,33)(H,30,32). The normalized spacial score (nSPS) is 14.0. The predicted octanol–water partition coefficient (Wildman–Crippen LogP) is 3.17. The fourth-order valence-electron chi connectivity index (χ4n) is 3.13. The number of ketones is 1. The average Bonchev–Trinajstić information content (AvgIpc) is 3.58. The number of nitrogens with zero attached hydrogens (tertiary/aromatic N) is 1. The Labute approximate surface area is 198 Å². The Balaban J connectivity index is 1.59. The zero-order chi connectivity index (χ0) is 25.8. The highest BCUT2D eigenvalue weighted by Crippen LogP contribution is 2.40. The number of hydrogen-bond donors (Lipinski definition) is 3. The molecule has 1 aromatic carbocycles. The Kier molecular flexibility index (Phi) is 7.42. The molecule has 2 amide bonds. The van der Waals surface area contributed by atoms with Crippen molar-refractivity contribution in [2.24, 2.45) is 0 Å². The van der Waals surface area contributed by atoms with Gasteiger partial charge in [-0.1, -0.05) is 0 Å². The van der Waals surface area contributed by atoms with E-state index >= 15 is 0 Å². The molecule has 186 valence electrons. The predicted molar refractivity (Wildman–Crippen MR) is 117 cm³/mol. The van der Waals surface area contributed by atoms with E-state index in [-0.39, 0.29) is 30.2 Å². The van der Waals surface area contributed by atoms with Crippen molar-refractivity contribution in [3.63, 3.8) is 0 Å². The van der Waals surface area contributed by atoms with Crippen LogP contribution in [0.5, 0.6) is 17.2 Å². The Bertz CT molecular complexity index is 1140. The van der Waals surface area contributed by atoms with Gasteiger partial charge in [-0.25, -0.2) is 0 Å². The third-order valence-electron chi connectivity index (χ3n) is 5.16. The molecule has 1 aromatic heterocycles. The molecule has 3 N–H and O–H groups in total. The number of methoxy groups -OCH3 is 1. The number of carbonyl (C=O) groups excluding carboxylic acids is 3. The highest BCUT2D eigenvalue weighted by molar-refractivity contribution is 6.40. The number of amides is 2.